The summed E-state index contributed by atoms with van der Waals surface area (Å²) >= 11 is 0. The molecule has 0 fully saturated rings. The molecule has 4 aromatic heterocycles. The van der Waals surface area contributed by atoms with Gasteiger partial charge in [-0.15, -0.1) is 54.1 Å². The molecule has 215 valence electrons. The van der Waals surface area contributed by atoms with Crippen molar-refractivity contribution in [3.05, 3.63) is 150 Å². The summed E-state index contributed by atoms with van der Waals surface area (Å²) < 4.78 is 28.9. The van der Waals surface area contributed by atoms with E-state index in [1.165, 1.54) is 28.3 Å². The van der Waals surface area contributed by atoms with Crippen LogP contribution in [0, 0.1) is 32.8 Å². The number of benzene rings is 3. The molecular weight excluding hydrogens is 707 g/mol. The van der Waals surface area contributed by atoms with Gasteiger partial charge >= 0.3 is 0 Å². The van der Waals surface area contributed by atoms with Crippen molar-refractivity contribution >= 4 is 22.1 Å². The molecular formula is C38H31IrN3O-2. The zero-order chi connectivity index (χ0) is 31.4. The van der Waals surface area contributed by atoms with Crippen LogP contribution in [0.4, 0.5) is 0 Å². The Morgan fingerprint density at radius 3 is 2.33 bits per heavy atom. The number of furan rings is 1. The normalized spacial score (nSPS) is 12.0. The van der Waals surface area contributed by atoms with Crippen LogP contribution in [0.2, 0.25) is 0 Å². The van der Waals surface area contributed by atoms with Gasteiger partial charge in [-0.1, -0.05) is 52.9 Å². The van der Waals surface area contributed by atoms with Crippen molar-refractivity contribution in [2.24, 2.45) is 0 Å². The molecule has 1 radical (unpaired) electrons. The van der Waals surface area contributed by atoms with Crippen molar-refractivity contribution in [1.29, 1.82) is 0 Å². The maximum Gasteiger partial charge on any atom is 0.216 e. The van der Waals surface area contributed by atoms with E-state index in [2.05, 4.69) is 65.2 Å². The molecule has 0 saturated carbocycles. The summed E-state index contributed by atoms with van der Waals surface area (Å²) in [5.41, 5.74) is 9.58. The molecule has 0 aliphatic heterocycles. The standard InChI is InChI=1S/C27H23N2O.C11H8N.Ir/c1-17-7-9-20(15-18(17)2)10-11-21-13-14-28-25(16-21)24-6-4-5-22-23-12-8-19(3)29-27(23)30-26(22)24;1-2-6-10(7-3-1)11-8-4-5-9-12-11;/h4-5,7-9,12-16H,10-11H2,1-3H3;1-6,8-9H;/q2*-1;/i3D3;;. The quantitative estimate of drug-likeness (QED) is 0.165. The monoisotopic (exact) mass is 741 g/mol. The Hall–Kier alpha value is -4.44. The molecule has 0 N–H and O–H groups in total. The van der Waals surface area contributed by atoms with Crippen LogP contribution in [-0.2, 0) is 32.9 Å². The number of rotatable bonds is 5. The smallest absolute Gasteiger partial charge is 0.216 e. The fraction of sp³-hybridized carbons (Fsp3) is 0.132. The maximum atomic E-state index is 7.62. The van der Waals surface area contributed by atoms with Crippen molar-refractivity contribution in [3.8, 4) is 22.5 Å². The first kappa shape index (κ1) is 26.2. The third-order valence-corrected chi connectivity index (χ3v) is 7.30. The van der Waals surface area contributed by atoms with Crippen LogP contribution < -0.4 is 0 Å². The van der Waals surface area contributed by atoms with E-state index in [-0.39, 0.29) is 25.8 Å². The first-order valence-corrected chi connectivity index (χ1v) is 13.9. The maximum absolute atomic E-state index is 7.62. The summed E-state index contributed by atoms with van der Waals surface area (Å²) in [6, 6.07) is 37.8. The van der Waals surface area contributed by atoms with Gasteiger partial charge in [0.25, 0.3) is 0 Å². The van der Waals surface area contributed by atoms with Crippen molar-refractivity contribution in [3.63, 3.8) is 0 Å². The number of nitrogens with zero attached hydrogens (tertiary/aromatic N) is 3. The predicted molar refractivity (Wildman–Crippen MR) is 170 cm³/mol. The molecule has 5 heteroatoms. The topological polar surface area (TPSA) is 51.8 Å². The Kier molecular flexibility index (Phi) is 8.34. The average Bonchev–Trinajstić information content (AvgIpc) is 3.44. The van der Waals surface area contributed by atoms with E-state index in [1.54, 1.807) is 12.3 Å². The van der Waals surface area contributed by atoms with E-state index in [0.717, 1.165) is 46.1 Å². The van der Waals surface area contributed by atoms with Crippen molar-refractivity contribution < 1.29 is 28.6 Å². The van der Waals surface area contributed by atoms with E-state index >= 15 is 0 Å². The first-order valence-electron chi connectivity index (χ1n) is 15.4. The average molecular weight is 741 g/mol. The van der Waals surface area contributed by atoms with Gasteiger partial charge in [-0.05, 0) is 85.9 Å². The third-order valence-electron chi connectivity index (χ3n) is 7.30. The largest absolute Gasteiger partial charge is 0.486 e. The van der Waals surface area contributed by atoms with E-state index in [0.29, 0.717) is 11.3 Å². The summed E-state index contributed by atoms with van der Waals surface area (Å²) in [7, 11) is 0. The van der Waals surface area contributed by atoms with Gasteiger partial charge in [0.2, 0.25) is 5.71 Å². The van der Waals surface area contributed by atoms with Crippen LogP contribution in [0.3, 0.4) is 0 Å². The van der Waals surface area contributed by atoms with Crippen molar-refractivity contribution in [1.82, 2.24) is 15.0 Å². The minimum Gasteiger partial charge on any atom is -0.486 e. The van der Waals surface area contributed by atoms with Crippen LogP contribution in [0.5, 0.6) is 0 Å². The molecule has 7 aromatic rings. The van der Waals surface area contributed by atoms with Crippen LogP contribution in [0.25, 0.3) is 44.6 Å². The third kappa shape index (κ3) is 6.97. The van der Waals surface area contributed by atoms with Crippen LogP contribution in [-0.4, -0.2) is 15.0 Å². The minimum absolute atomic E-state index is 0. The zero-order valence-electron chi connectivity index (χ0n) is 26.9. The number of aryl methyl sites for hydroxylation is 5. The van der Waals surface area contributed by atoms with Crippen molar-refractivity contribution in [2.45, 2.75) is 33.5 Å². The molecule has 43 heavy (non-hydrogen) atoms. The fourth-order valence-corrected chi connectivity index (χ4v) is 4.90. The van der Waals surface area contributed by atoms with Gasteiger partial charge in [0.15, 0.2) is 0 Å². The molecule has 4 heterocycles. The molecule has 3 aromatic carbocycles. The molecule has 0 aliphatic rings. The molecule has 0 saturated heterocycles. The molecule has 0 spiro atoms. The Bertz CT molecular complexity index is 2040. The summed E-state index contributed by atoms with van der Waals surface area (Å²) in [4.78, 5) is 13.0. The summed E-state index contributed by atoms with van der Waals surface area (Å²) in [5, 5.41) is 1.64. The molecule has 7 rings (SSSR count). The summed E-state index contributed by atoms with van der Waals surface area (Å²) in [6.07, 6.45) is 5.45. The molecule has 0 unspecified atom stereocenters. The first-order chi connectivity index (χ1) is 21.8. The summed E-state index contributed by atoms with van der Waals surface area (Å²) in [5.74, 6) is 0. The Morgan fingerprint density at radius 2 is 1.56 bits per heavy atom. The van der Waals surface area contributed by atoms with Gasteiger partial charge in [0.05, 0.1) is 5.58 Å². The second kappa shape index (κ2) is 13.7. The van der Waals surface area contributed by atoms with Crippen LogP contribution in [0.15, 0.2) is 114 Å². The molecule has 0 atom stereocenters. The van der Waals surface area contributed by atoms with Gasteiger partial charge in [-0.3, -0.25) is 0 Å². The fourth-order valence-electron chi connectivity index (χ4n) is 4.90. The molecule has 4 nitrogen and oxygen atoms in total. The van der Waals surface area contributed by atoms with Crippen LogP contribution in [0.1, 0.15) is 32.1 Å². The van der Waals surface area contributed by atoms with Crippen molar-refractivity contribution in [2.75, 3.05) is 0 Å². The SMILES string of the molecule is [2H]C([2H])([2H])c1ccc2c(n1)oc1c(-c3cc(CCc4ccc(C)c(C)c4)ccn3)[c-]ccc12.[Ir].[c-]1ccccc1-c1ccccn1. The molecule has 0 bridgehead atoms. The van der Waals surface area contributed by atoms with E-state index in [1.807, 2.05) is 66.9 Å². The van der Waals surface area contributed by atoms with E-state index in [9.17, 15) is 0 Å². The van der Waals surface area contributed by atoms with Crippen LogP contribution >= 0.6 is 0 Å². The van der Waals surface area contributed by atoms with Gasteiger partial charge in [-0.25, -0.2) is 4.98 Å². The van der Waals surface area contributed by atoms with Gasteiger partial charge in [0.1, 0.15) is 0 Å². The minimum atomic E-state index is -2.28. The second-order valence-electron chi connectivity index (χ2n) is 10.2. The molecule has 0 aliphatic carbocycles. The Morgan fingerprint density at radius 1 is 0.721 bits per heavy atom. The molecule has 0 amide bonds. The number of pyridine rings is 3. The second-order valence-corrected chi connectivity index (χ2v) is 10.2. The van der Waals surface area contributed by atoms with Gasteiger partial charge in [-0.2, -0.15) is 0 Å². The number of fused-ring (bicyclic) bond motifs is 3. The number of hydrogen-bond donors (Lipinski definition) is 0. The number of aromatic nitrogens is 3. The zero-order valence-corrected chi connectivity index (χ0v) is 26.3. The summed E-state index contributed by atoms with van der Waals surface area (Å²) in [6.45, 7) is 1.99. The Labute approximate surface area is 270 Å². The number of hydrogen-bond acceptors (Lipinski definition) is 4. The van der Waals surface area contributed by atoms with E-state index < -0.39 is 6.85 Å². The predicted octanol–water partition coefficient (Wildman–Crippen LogP) is 9.10. The Balaban J connectivity index is 0.000000269. The van der Waals surface area contributed by atoms with E-state index in [4.69, 9.17) is 8.53 Å². The van der Waals surface area contributed by atoms with Gasteiger partial charge < -0.3 is 14.4 Å². The van der Waals surface area contributed by atoms with Gasteiger partial charge in [0, 0.05) is 47.7 Å².